The number of aromatic nitrogens is 1. The molecule has 0 fully saturated rings. The summed E-state index contributed by atoms with van der Waals surface area (Å²) >= 11 is 0. The van der Waals surface area contributed by atoms with Crippen LogP contribution in [0.15, 0.2) is 24.5 Å². The fourth-order valence-electron chi connectivity index (χ4n) is 4.52. The Morgan fingerprint density at radius 1 is 0.889 bits per heavy atom. The van der Waals surface area contributed by atoms with E-state index in [1.54, 1.807) is 20.8 Å². The molecule has 13 nitrogen and oxygen atoms in total. The molecule has 1 aromatic heterocycles. The molecule has 0 aromatic carbocycles. The van der Waals surface area contributed by atoms with Gasteiger partial charge in [0.1, 0.15) is 18.1 Å². The monoisotopic (exact) mass is 636 g/mol. The molecule has 0 saturated heterocycles. The van der Waals surface area contributed by atoms with Gasteiger partial charge in [0.2, 0.25) is 23.6 Å². The minimum Gasteiger partial charge on any atom is -0.619 e. The van der Waals surface area contributed by atoms with Crippen LogP contribution in [0.25, 0.3) is 0 Å². The van der Waals surface area contributed by atoms with Crippen molar-refractivity contribution in [2.45, 2.75) is 119 Å². The first-order valence-corrected chi connectivity index (χ1v) is 15.2. The zero-order chi connectivity index (χ0) is 33.8. The van der Waals surface area contributed by atoms with Crippen molar-refractivity contribution < 1.29 is 33.8 Å². The maximum Gasteiger partial charge on any atom is 0.252 e. The summed E-state index contributed by atoms with van der Waals surface area (Å²) < 4.78 is 0.542. The number of likely N-dealkylation sites (N-methyl/N-ethyl adjacent to an activating group) is 1. The molecule has 0 saturated carbocycles. The Labute approximate surface area is 268 Å². The van der Waals surface area contributed by atoms with Crippen LogP contribution >= 0.6 is 0 Å². The van der Waals surface area contributed by atoms with E-state index in [0.717, 1.165) is 0 Å². The van der Waals surface area contributed by atoms with Gasteiger partial charge in [-0.25, -0.2) is 0 Å². The van der Waals surface area contributed by atoms with Crippen LogP contribution in [0.5, 0.6) is 0 Å². The first-order chi connectivity index (χ1) is 20.3. The molecule has 6 N–H and O–H groups in total. The van der Waals surface area contributed by atoms with Crippen molar-refractivity contribution >= 4 is 29.5 Å². The Hall–Kier alpha value is -3.74. The van der Waals surface area contributed by atoms with Gasteiger partial charge in [-0.05, 0) is 43.9 Å². The second-order valence-electron chi connectivity index (χ2n) is 13.2. The van der Waals surface area contributed by atoms with Gasteiger partial charge in [-0.3, -0.25) is 24.0 Å². The summed E-state index contributed by atoms with van der Waals surface area (Å²) in [7, 11) is 0. The maximum atomic E-state index is 13.3. The predicted molar refractivity (Wildman–Crippen MR) is 173 cm³/mol. The SMILES string of the molecule is C.CCNC(=O)[C@@H](NC(=O)C[C@H](O)[C@H](CC(C)C)NC(=O)[C@H](C)NC(=O)[C@H](CC(C)(C)C)NC(=O)c1cc[n+]([O-])cc1)C(C)C. The number of amides is 5. The Kier molecular flexibility index (Phi) is 17.4. The van der Waals surface area contributed by atoms with E-state index in [1.807, 2.05) is 34.6 Å². The first kappa shape index (κ1) is 41.3. The van der Waals surface area contributed by atoms with Crippen LogP contribution in [-0.2, 0) is 19.2 Å². The molecule has 0 radical (unpaired) electrons. The van der Waals surface area contributed by atoms with Crippen LogP contribution < -0.4 is 31.3 Å². The van der Waals surface area contributed by atoms with Crippen molar-refractivity contribution in [2.75, 3.05) is 6.54 Å². The van der Waals surface area contributed by atoms with Gasteiger partial charge in [-0.1, -0.05) is 55.9 Å². The molecule has 1 aromatic rings. The van der Waals surface area contributed by atoms with Crippen molar-refractivity contribution in [1.82, 2.24) is 26.6 Å². The second-order valence-corrected chi connectivity index (χ2v) is 13.2. The highest BCUT2D eigenvalue weighted by Gasteiger charge is 2.32. The topological polar surface area (TPSA) is 193 Å². The molecular weight excluding hydrogens is 580 g/mol. The lowest BCUT2D eigenvalue weighted by Gasteiger charge is -2.29. The number of carbonyl (C=O) groups excluding carboxylic acids is 5. The van der Waals surface area contributed by atoms with Gasteiger partial charge in [-0.2, -0.15) is 4.73 Å². The average molecular weight is 637 g/mol. The van der Waals surface area contributed by atoms with Gasteiger partial charge in [0.05, 0.1) is 24.1 Å². The Morgan fingerprint density at radius 2 is 1.47 bits per heavy atom. The van der Waals surface area contributed by atoms with Gasteiger partial charge >= 0.3 is 0 Å². The number of aliphatic hydroxyl groups excluding tert-OH is 1. The fraction of sp³-hybridized carbons (Fsp3) is 0.688. The number of nitrogens with zero attached hydrogens (tertiary/aromatic N) is 1. The van der Waals surface area contributed by atoms with E-state index in [0.29, 0.717) is 17.7 Å². The van der Waals surface area contributed by atoms with E-state index in [4.69, 9.17) is 0 Å². The summed E-state index contributed by atoms with van der Waals surface area (Å²) in [5, 5.41) is 35.7. The molecule has 13 heteroatoms. The number of pyridine rings is 1. The standard InChI is InChI=1S/C31H52N6O7.CH4/c1-10-32-30(43)26(19(4)5)36-25(39)16-24(38)22(15-18(2)3)34-27(40)20(6)33-29(42)23(17-31(7,8)9)35-28(41)21-11-13-37(44)14-12-21;/h11-14,18-20,22-24,26,38H,10,15-17H2,1-9H3,(H,32,43)(H,33,42)(H,34,40)(H,35,41)(H,36,39);1H4/t20-,22-,23-,24-,26-;/m0./s1. The third-order valence-electron chi connectivity index (χ3n) is 6.78. The largest absolute Gasteiger partial charge is 0.619 e. The van der Waals surface area contributed by atoms with Crippen molar-refractivity contribution in [2.24, 2.45) is 17.3 Å². The number of rotatable bonds is 16. The highest BCUT2D eigenvalue weighted by molar-refractivity contribution is 5.98. The Balaban J connectivity index is 0.0000194. The third kappa shape index (κ3) is 15.2. The van der Waals surface area contributed by atoms with Crippen molar-refractivity contribution in [3.63, 3.8) is 0 Å². The average Bonchev–Trinajstić information content (AvgIpc) is 2.90. The van der Waals surface area contributed by atoms with E-state index < -0.39 is 53.9 Å². The molecule has 5 atom stereocenters. The van der Waals surface area contributed by atoms with Crippen molar-refractivity contribution in [3.8, 4) is 0 Å². The predicted octanol–water partition coefficient (Wildman–Crippen LogP) is 1.55. The van der Waals surface area contributed by atoms with Crippen molar-refractivity contribution in [1.29, 1.82) is 0 Å². The quantitative estimate of drug-likeness (QED) is 0.117. The lowest BCUT2D eigenvalue weighted by molar-refractivity contribution is -0.605. The lowest BCUT2D eigenvalue weighted by Crippen LogP contribution is -2.56. The van der Waals surface area contributed by atoms with Crippen molar-refractivity contribution in [3.05, 3.63) is 35.3 Å². The van der Waals surface area contributed by atoms with Crippen LogP contribution in [-0.4, -0.2) is 71.5 Å². The molecule has 0 aliphatic rings. The minimum atomic E-state index is -1.25. The highest BCUT2D eigenvalue weighted by atomic mass is 16.5. The molecule has 0 aliphatic heterocycles. The van der Waals surface area contributed by atoms with E-state index in [2.05, 4.69) is 26.6 Å². The van der Waals surface area contributed by atoms with Gasteiger partial charge in [0.15, 0.2) is 12.4 Å². The first-order valence-electron chi connectivity index (χ1n) is 15.2. The number of nitrogens with one attached hydrogen (secondary N) is 5. The summed E-state index contributed by atoms with van der Waals surface area (Å²) in [6, 6.07) is -0.897. The smallest absolute Gasteiger partial charge is 0.252 e. The summed E-state index contributed by atoms with van der Waals surface area (Å²) in [4.78, 5) is 64.3. The maximum absolute atomic E-state index is 13.3. The van der Waals surface area contributed by atoms with E-state index in [-0.39, 0.29) is 49.0 Å². The molecule has 45 heavy (non-hydrogen) atoms. The molecule has 256 valence electrons. The molecule has 1 heterocycles. The molecular formula is C32H56N6O7. The van der Waals surface area contributed by atoms with Gasteiger partial charge < -0.3 is 36.9 Å². The molecule has 0 bridgehead atoms. The van der Waals surface area contributed by atoms with Gasteiger partial charge in [0.25, 0.3) is 5.91 Å². The summed E-state index contributed by atoms with van der Waals surface area (Å²) in [6.45, 7) is 16.8. The van der Waals surface area contributed by atoms with Crippen LogP contribution in [0.3, 0.4) is 0 Å². The fourth-order valence-corrected chi connectivity index (χ4v) is 4.52. The second kappa shape index (κ2) is 18.9. The molecule has 0 aliphatic carbocycles. The number of aliphatic hydroxyl groups is 1. The Bertz CT molecular complexity index is 1120. The zero-order valence-corrected chi connectivity index (χ0v) is 27.5. The normalized spacial score (nSPS) is 14.7. The zero-order valence-electron chi connectivity index (χ0n) is 27.5. The lowest BCUT2D eigenvalue weighted by atomic mass is 9.87. The number of hydrogen-bond donors (Lipinski definition) is 6. The summed E-state index contributed by atoms with van der Waals surface area (Å²) in [5.41, 5.74) is -0.149. The molecule has 1 rings (SSSR count). The van der Waals surface area contributed by atoms with Crippen LogP contribution in [0.4, 0.5) is 0 Å². The van der Waals surface area contributed by atoms with Crippen LogP contribution in [0.1, 0.15) is 99.4 Å². The van der Waals surface area contributed by atoms with Gasteiger partial charge in [0, 0.05) is 18.7 Å². The van der Waals surface area contributed by atoms with E-state index in [9.17, 15) is 34.3 Å². The van der Waals surface area contributed by atoms with Crippen LogP contribution in [0.2, 0.25) is 0 Å². The number of hydrogen-bond acceptors (Lipinski definition) is 7. The van der Waals surface area contributed by atoms with E-state index in [1.165, 1.54) is 31.5 Å². The molecule has 0 unspecified atom stereocenters. The third-order valence-corrected chi connectivity index (χ3v) is 6.78. The molecule has 0 spiro atoms. The number of carbonyl (C=O) groups is 5. The van der Waals surface area contributed by atoms with E-state index >= 15 is 0 Å². The Morgan fingerprint density at radius 3 is 1.96 bits per heavy atom. The van der Waals surface area contributed by atoms with Gasteiger partial charge in [-0.15, -0.1) is 0 Å². The van der Waals surface area contributed by atoms with Crippen LogP contribution in [0, 0.1) is 22.5 Å². The summed E-state index contributed by atoms with van der Waals surface area (Å²) in [6.07, 6.45) is 1.39. The summed E-state index contributed by atoms with van der Waals surface area (Å²) in [5.74, 6) is -2.66. The highest BCUT2D eigenvalue weighted by Crippen LogP contribution is 2.21. The minimum absolute atomic E-state index is 0. The molecule has 5 amide bonds.